The number of nitrogens with one attached hydrogen (secondary N) is 1. The Kier molecular flexibility index (Phi) is 8.69. The van der Waals surface area contributed by atoms with Crippen molar-refractivity contribution in [3.05, 3.63) is 81.3 Å². The van der Waals surface area contributed by atoms with E-state index in [0.29, 0.717) is 38.6 Å². The summed E-state index contributed by atoms with van der Waals surface area (Å²) >= 11 is 3.47. The fourth-order valence-corrected chi connectivity index (χ4v) is 3.64. The van der Waals surface area contributed by atoms with Crippen molar-refractivity contribution in [3.8, 4) is 23.0 Å². The number of carboxylic acid groups (broad SMARTS) is 1. The summed E-state index contributed by atoms with van der Waals surface area (Å²) in [6.07, 6.45) is 1.47. The van der Waals surface area contributed by atoms with Crippen LogP contribution in [0.2, 0.25) is 0 Å². The van der Waals surface area contributed by atoms with E-state index in [0.717, 1.165) is 5.56 Å². The van der Waals surface area contributed by atoms with E-state index in [1.54, 1.807) is 42.5 Å². The highest BCUT2D eigenvalue weighted by molar-refractivity contribution is 9.10. The monoisotopic (exact) mass is 542 g/mol. The summed E-state index contributed by atoms with van der Waals surface area (Å²) in [7, 11) is 4.52. The molecular formula is C25H23BrN2O7. The summed E-state index contributed by atoms with van der Waals surface area (Å²) in [6.45, 7) is 0.212. The van der Waals surface area contributed by atoms with Crippen molar-refractivity contribution in [2.75, 3.05) is 21.3 Å². The molecule has 0 aliphatic rings. The van der Waals surface area contributed by atoms with E-state index in [-0.39, 0.29) is 12.2 Å². The molecule has 35 heavy (non-hydrogen) atoms. The zero-order chi connectivity index (χ0) is 25.4. The predicted molar refractivity (Wildman–Crippen MR) is 133 cm³/mol. The molecule has 1 amide bonds. The maximum atomic E-state index is 12.4. The van der Waals surface area contributed by atoms with Crippen LogP contribution < -0.4 is 24.4 Å². The fraction of sp³-hybridized carbons (Fsp3) is 0.160. The molecule has 0 saturated heterocycles. The Morgan fingerprint density at radius 2 is 1.57 bits per heavy atom. The lowest BCUT2D eigenvalue weighted by Gasteiger charge is -2.13. The molecule has 0 spiro atoms. The number of rotatable bonds is 10. The molecule has 3 aromatic rings. The first-order valence-electron chi connectivity index (χ1n) is 10.2. The van der Waals surface area contributed by atoms with E-state index in [1.165, 1.54) is 39.7 Å². The van der Waals surface area contributed by atoms with Crippen LogP contribution in [-0.4, -0.2) is 44.5 Å². The lowest BCUT2D eigenvalue weighted by Crippen LogP contribution is -2.17. The van der Waals surface area contributed by atoms with Crippen molar-refractivity contribution in [2.45, 2.75) is 6.61 Å². The third-order valence-corrected chi connectivity index (χ3v) is 5.45. The molecule has 9 nitrogen and oxygen atoms in total. The number of nitrogens with zero attached hydrogens (tertiary/aromatic N) is 1. The number of hydrazone groups is 1. The summed E-state index contributed by atoms with van der Waals surface area (Å²) in [5.74, 6) is 0.479. The van der Waals surface area contributed by atoms with Gasteiger partial charge < -0.3 is 24.1 Å². The quantitative estimate of drug-likeness (QED) is 0.286. The molecule has 2 N–H and O–H groups in total. The van der Waals surface area contributed by atoms with Crippen LogP contribution in [0.3, 0.4) is 0 Å². The Hall–Kier alpha value is -4.05. The Balaban J connectivity index is 1.68. The molecule has 3 rings (SSSR count). The molecule has 0 aromatic heterocycles. The Bertz CT molecular complexity index is 1240. The molecular weight excluding hydrogens is 520 g/mol. The molecule has 0 aliphatic carbocycles. The number of carbonyl (C=O) groups excluding carboxylic acids is 1. The van der Waals surface area contributed by atoms with Crippen molar-refractivity contribution >= 4 is 34.0 Å². The number of carboxylic acids is 1. The number of benzene rings is 3. The molecule has 0 heterocycles. The molecule has 0 atom stereocenters. The zero-order valence-electron chi connectivity index (χ0n) is 19.2. The van der Waals surface area contributed by atoms with Gasteiger partial charge in [0.25, 0.3) is 5.91 Å². The zero-order valence-corrected chi connectivity index (χ0v) is 20.8. The molecule has 10 heteroatoms. The van der Waals surface area contributed by atoms with Gasteiger partial charge in [0.05, 0.1) is 37.6 Å². The number of carbonyl (C=O) groups is 2. The van der Waals surface area contributed by atoms with E-state index in [1.807, 2.05) is 0 Å². The van der Waals surface area contributed by atoms with Gasteiger partial charge in [-0.1, -0.05) is 12.1 Å². The molecule has 0 aliphatic heterocycles. The number of aromatic carboxylic acids is 1. The van der Waals surface area contributed by atoms with E-state index < -0.39 is 11.9 Å². The van der Waals surface area contributed by atoms with Crippen molar-refractivity contribution < 1.29 is 33.6 Å². The van der Waals surface area contributed by atoms with Gasteiger partial charge in [0.2, 0.25) is 0 Å². The van der Waals surface area contributed by atoms with Gasteiger partial charge in [-0.2, -0.15) is 5.10 Å². The lowest BCUT2D eigenvalue weighted by molar-refractivity contribution is 0.0696. The van der Waals surface area contributed by atoms with Gasteiger partial charge in [0, 0.05) is 5.56 Å². The Morgan fingerprint density at radius 3 is 2.20 bits per heavy atom. The highest BCUT2D eigenvalue weighted by Crippen LogP contribution is 2.37. The number of hydrogen-bond acceptors (Lipinski definition) is 7. The number of ether oxygens (including phenoxy) is 4. The van der Waals surface area contributed by atoms with Crippen molar-refractivity contribution in [1.29, 1.82) is 0 Å². The predicted octanol–water partition coefficient (Wildman–Crippen LogP) is 4.52. The maximum absolute atomic E-state index is 12.4. The number of hydrogen-bond donors (Lipinski definition) is 2. The van der Waals surface area contributed by atoms with E-state index >= 15 is 0 Å². The van der Waals surface area contributed by atoms with Crippen LogP contribution in [-0.2, 0) is 6.61 Å². The largest absolute Gasteiger partial charge is 0.493 e. The standard InChI is InChI=1S/C25H23BrN2O7/c1-32-20-9-8-18(12-21(20)33-2)24(29)28-27-13-16-10-19(26)23(22(11-16)34-3)35-14-15-4-6-17(7-5-15)25(30)31/h4-13H,14H2,1-3H3,(H,28,29)(H,30,31)/b27-13+. The summed E-state index contributed by atoms with van der Waals surface area (Å²) < 4.78 is 22.3. The second kappa shape index (κ2) is 11.9. The smallest absolute Gasteiger partial charge is 0.335 e. The van der Waals surface area contributed by atoms with Crippen molar-refractivity contribution in [2.24, 2.45) is 5.10 Å². The lowest BCUT2D eigenvalue weighted by atomic mass is 10.1. The van der Waals surface area contributed by atoms with Crippen LogP contribution in [0.25, 0.3) is 0 Å². The number of methoxy groups -OCH3 is 3. The average Bonchev–Trinajstić information content (AvgIpc) is 2.87. The minimum absolute atomic E-state index is 0.203. The van der Waals surface area contributed by atoms with Crippen LogP contribution in [0, 0.1) is 0 Å². The van der Waals surface area contributed by atoms with Crippen molar-refractivity contribution in [1.82, 2.24) is 5.43 Å². The SMILES string of the molecule is COc1ccc(C(=O)N/N=C/c2cc(Br)c(OCc3ccc(C(=O)O)cc3)c(OC)c2)cc1OC. The van der Waals surface area contributed by atoms with Gasteiger partial charge >= 0.3 is 5.97 Å². The second-order valence-electron chi connectivity index (χ2n) is 7.09. The fourth-order valence-electron chi connectivity index (χ4n) is 3.06. The minimum Gasteiger partial charge on any atom is -0.493 e. The van der Waals surface area contributed by atoms with Gasteiger partial charge in [-0.05, 0) is 69.5 Å². The third kappa shape index (κ3) is 6.51. The summed E-state index contributed by atoms with van der Waals surface area (Å²) in [6, 6.07) is 14.7. The Morgan fingerprint density at radius 1 is 0.914 bits per heavy atom. The van der Waals surface area contributed by atoms with Crippen LogP contribution in [0.4, 0.5) is 0 Å². The highest BCUT2D eigenvalue weighted by Gasteiger charge is 2.13. The number of halogens is 1. The molecule has 0 unspecified atom stereocenters. The first kappa shape index (κ1) is 25.6. The average molecular weight is 543 g/mol. The minimum atomic E-state index is -0.987. The van der Waals surface area contributed by atoms with E-state index in [4.69, 9.17) is 24.1 Å². The van der Waals surface area contributed by atoms with Gasteiger partial charge in [-0.25, -0.2) is 10.2 Å². The molecule has 3 aromatic carbocycles. The normalized spacial score (nSPS) is 10.6. The molecule has 0 fully saturated rings. The second-order valence-corrected chi connectivity index (χ2v) is 7.95. The van der Waals surface area contributed by atoms with Gasteiger partial charge in [-0.15, -0.1) is 0 Å². The Labute approximate surface area is 210 Å². The molecule has 0 radical (unpaired) electrons. The summed E-state index contributed by atoms with van der Waals surface area (Å²) in [4.78, 5) is 23.4. The highest BCUT2D eigenvalue weighted by atomic mass is 79.9. The summed E-state index contributed by atoms with van der Waals surface area (Å²) in [5, 5.41) is 13.0. The molecule has 0 saturated carbocycles. The first-order chi connectivity index (χ1) is 16.9. The number of amides is 1. The first-order valence-corrected chi connectivity index (χ1v) is 11.0. The maximum Gasteiger partial charge on any atom is 0.335 e. The van der Waals surface area contributed by atoms with Crippen LogP contribution in [0.5, 0.6) is 23.0 Å². The van der Waals surface area contributed by atoms with Crippen molar-refractivity contribution in [3.63, 3.8) is 0 Å². The van der Waals surface area contributed by atoms with Crippen LogP contribution >= 0.6 is 15.9 Å². The van der Waals surface area contributed by atoms with Gasteiger partial charge in [-0.3, -0.25) is 4.79 Å². The van der Waals surface area contributed by atoms with E-state index in [2.05, 4.69) is 26.5 Å². The molecule has 0 bridgehead atoms. The van der Waals surface area contributed by atoms with E-state index in [9.17, 15) is 9.59 Å². The topological polar surface area (TPSA) is 116 Å². The van der Waals surface area contributed by atoms with Crippen LogP contribution in [0.1, 0.15) is 31.8 Å². The summed E-state index contributed by atoms with van der Waals surface area (Å²) in [5.41, 5.74) is 4.49. The van der Waals surface area contributed by atoms with Crippen LogP contribution in [0.15, 0.2) is 64.2 Å². The van der Waals surface area contributed by atoms with Gasteiger partial charge in [0.1, 0.15) is 6.61 Å². The molecule has 182 valence electrons. The van der Waals surface area contributed by atoms with Gasteiger partial charge in [0.15, 0.2) is 23.0 Å². The third-order valence-electron chi connectivity index (χ3n) is 4.86.